The molecule has 1 heterocycles. The molecule has 1 N–H and O–H groups in total. The van der Waals surface area contributed by atoms with Gasteiger partial charge >= 0.3 is 6.03 Å². The van der Waals surface area contributed by atoms with E-state index in [1.165, 1.54) is 33.7 Å². The van der Waals surface area contributed by atoms with Crippen LogP contribution in [0.5, 0.6) is 0 Å². The summed E-state index contributed by atoms with van der Waals surface area (Å²) < 4.78 is 42.9. The van der Waals surface area contributed by atoms with Crippen molar-refractivity contribution in [1.29, 1.82) is 0 Å². The number of amides is 2. The molecule has 3 aromatic carbocycles. The minimum Gasteiger partial charge on any atom is -0.313 e. The first-order valence-corrected chi connectivity index (χ1v) is 12.1. The van der Waals surface area contributed by atoms with Gasteiger partial charge in [-0.3, -0.25) is 9.36 Å². The summed E-state index contributed by atoms with van der Waals surface area (Å²) in [6, 6.07) is 13.8. The topological polar surface area (TPSA) is 70.5 Å². The molecule has 0 fully saturated rings. The van der Waals surface area contributed by atoms with Crippen LogP contribution in [0.15, 0.2) is 71.5 Å². The van der Waals surface area contributed by atoms with Gasteiger partial charge in [-0.05, 0) is 69.0 Å². The van der Waals surface area contributed by atoms with E-state index in [0.29, 0.717) is 35.6 Å². The maximum atomic E-state index is 14.4. The van der Waals surface area contributed by atoms with Crippen LogP contribution in [-0.4, -0.2) is 52.6 Å². The lowest BCUT2D eigenvalue weighted by molar-refractivity contribution is 0.173. The van der Waals surface area contributed by atoms with Crippen LogP contribution < -0.4 is 10.9 Å². The maximum absolute atomic E-state index is 14.4. The standard InChI is InChI=1S/C28H28F3N5O2/c1-4-25(35(16-15-34(2)3)28(38)33-24-14-11-19(30)17-22(24)31)26-32-23-8-6-5-7-21(23)27(37)36(26)20-12-9-18(29)10-13-20/h5-14,17,25H,4,15-16H2,1-3H3,(H,33,38). The van der Waals surface area contributed by atoms with Crippen LogP contribution in [0.2, 0.25) is 0 Å². The molecule has 1 atom stereocenters. The number of aromatic nitrogens is 2. The lowest BCUT2D eigenvalue weighted by atomic mass is 10.1. The highest BCUT2D eigenvalue weighted by molar-refractivity contribution is 5.89. The molecule has 0 saturated heterocycles. The number of carbonyl (C=O) groups excluding carboxylic acids is 1. The highest BCUT2D eigenvalue weighted by Crippen LogP contribution is 2.27. The Morgan fingerprint density at radius 2 is 1.66 bits per heavy atom. The van der Waals surface area contributed by atoms with Crippen LogP contribution in [0.1, 0.15) is 25.2 Å². The highest BCUT2D eigenvalue weighted by atomic mass is 19.1. The molecule has 4 rings (SSSR count). The van der Waals surface area contributed by atoms with Gasteiger partial charge in [0, 0.05) is 19.2 Å². The number of para-hydroxylation sites is 1. The molecular weight excluding hydrogens is 495 g/mol. The third kappa shape index (κ3) is 5.70. The third-order valence-electron chi connectivity index (χ3n) is 6.17. The van der Waals surface area contributed by atoms with Crippen LogP contribution in [0.3, 0.4) is 0 Å². The van der Waals surface area contributed by atoms with Gasteiger partial charge in [-0.1, -0.05) is 19.1 Å². The molecule has 0 aliphatic rings. The fourth-order valence-corrected chi connectivity index (χ4v) is 4.24. The summed E-state index contributed by atoms with van der Waals surface area (Å²) in [6.07, 6.45) is 0.360. The van der Waals surface area contributed by atoms with Crippen molar-refractivity contribution in [2.24, 2.45) is 0 Å². The highest BCUT2D eigenvalue weighted by Gasteiger charge is 2.29. The van der Waals surface area contributed by atoms with Crippen molar-refractivity contribution in [3.63, 3.8) is 0 Å². The molecule has 0 saturated carbocycles. The van der Waals surface area contributed by atoms with Crippen molar-refractivity contribution in [2.45, 2.75) is 19.4 Å². The number of anilines is 1. The number of halogens is 3. The van der Waals surface area contributed by atoms with E-state index < -0.39 is 29.5 Å². The van der Waals surface area contributed by atoms with Gasteiger partial charge in [0.1, 0.15) is 23.3 Å². The van der Waals surface area contributed by atoms with Gasteiger partial charge in [0.2, 0.25) is 0 Å². The smallest absolute Gasteiger partial charge is 0.313 e. The summed E-state index contributed by atoms with van der Waals surface area (Å²) in [5.41, 5.74) is 0.291. The third-order valence-corrected chi connectivity index (χ3v) is 6.17. The number of likely N-dealkylation sites (N-methyl/N-ethyl adjacent to an activating group) is 1. The maximum Gasteiger partial charge on any atom is 0.322 e. The second-order valence-corrected chi connectivity index (χ2v) is 9.08. The summed E-state index contributed by atoms with van der Waals surface area (Å²) >= 11 is 0. The molecule has 2 amide bonds. The zero-order valence-electron chi connectivity index (χ0n) is 21.3. The van der Waals surface area contributed by atoms with Crippen molar-refractivity contribution in [1.82, 2.24) is 19.4 Å². The number of nitrogens with one attached hydrogen (secondary N) is 1. The SMILES string of the molecule is CCC(c1nc2ccccc2c(=O)n1-c1ccc(F)cc1)N(CCN(C)C)C(=O)Nc1ccc(F)cc1F. The summed E-state index contributed by atoms with van der Waals surface area (Å²) in [7, 11) is 3.69. The molecule has 7 nitrogen and oxygen atoms in total. The van der Waals surface area contributed by atoms with Crippen molar-refractivity contribution in [3.8, 4) is 5.69 Å². The Bertz CT molecular complexity index is 1510. The molecule has 38 heavy (non-hydrogen) atoms. The van der Waals surface area contributed by atoms with E-state index in [0.717, 1.165) is 12.1 Å². The summed E-state index contributed by atoms with van der Waals surface area (Å²) in [5, 5.41) is 2.89. The van der Waals surface area contributed by atoms with Gasteiger partial charge in [-0.2, -0.15) is 0 Å². The Hall–Kier alpha value is -4.18. The van der Waals surface area contributed by atoms with Crippen molar-refractivity contribution >= 4 is 22.6 Å². The summed E-state index contributed by atoms with van der Waals surface area (Å²) in [6.45, 7) is 2.52. The van der Waals surface area contributed by atoms with Crippen molar-refractivity contribution < 1.29 is 18.0 Å². The van der Waals surface area contributed by atoms with E-state index in [4.69, 9.17) is 4.98 Å². The Balaban J connectivity index is 1.86. The van der Waals surface area contributed by atoms with Gasteiger partial charge in [-0.25, -0.2) is 22.9 Å². The van der Waals surface area contributed by atoms with E-state index in [9.17, 15) is 22.8 Å². The molecule has 0 aliphatic heterocycles. The molecule has 0 spiro atoms. The molecule has 10 heteroatoms. The minimum absolute atomic E-state index is 0.177. The van der Waals surface area contributed by atoms with E-state index in [2.05, 4.69) is 5.32 Å². The summed E-state index contributed by atoms with van der Waals surface area (Å²) in [4.78, 5) is 35.4. The van der Waals surface area contributed by atoms with Crippen LogP contribution in [0.4, 0.5) is 23.7 Å². The predicted molar refractivity (Wildman–Crippen MR) is 141 cm³/mol. The van der Waals surface area contributed by atoms with Crippen LogP contribution in [0, 0.1) is 17.5 Å². The molecule has 1 unspecified atom stereocenters. The normalized spacial score (nSPS) is 12.1. The number of fused-ring (bicyclic) bond motifs is 1. The number of carbonyl (C=O) groups is 1. The second-order valence-electron chi connectivity index (χ2n) is 9.08. The van der Waals surface area contributed by atoms with Crippen molar-refractivity contribution in [2.75, 3.05) is 32.5 Å². The van der Waals surface area contributed by atoms with Gasteiger partial charge in [-0.15, -0.1) is 0 Å². The molecular formula is C28H28F3N5O2. The van der Waals surface area contributed by atoms with E-state index in [1.54, 1.807) is 24.3 Å². The lowest BCUT2D eigenvalue weighted by Gasteiger charge is -2.33. The minimum atomic E-state index is -0.911. The Morgan fingerprint density at radius 3 is 2.32 bits per heavy atom. The lowest BCUT2D eigenvalue weighted by Crippen LogP contribution is -2.44. The monoisotopic (exact) mass is 523 g/mol. The molecule has 1 aromatic heterocycles. The largest absolute Gasteiger partial charge is 0.322 e. The Morgan fingerprint density at radius 1 is 0.974 bits per heavy atom. The number of rotatable bonds is 8. The fraction of sp³-hybridized carbons (Fsp3) is 0.250. The van der Waals surface area contributed by atoms with Gasteiger partial charge < -0.3 is 15.1 Å². The first kappa shape index (κ1) is 26.9. The number of hydrogen-bond donors (Lipinski definition) is 1. The van der Waals surface area contributed by atoms with E-state index in [1.807, 2.05) is 25.9 Å². The number of hydrogen-bond acceptors (Lipinski definition) is 4. The van der Waals surface area contributed by atoms with Crippen LogP contribution in [0.25, 0.3) is 16.6 Å². The van der Waals surface area contributed by atoms with Crippen LogP contribution >= 0.6 is 0 Å². The molecule has 0 radical (unpaired) electrons. The summed E-state index contributed by atoms with van der Waals surface area (Å²) in [5.74, 6) is -1.86. The van der Waals surface area contributed by atoms with Gasteiger partial charge in [0.05, 0.1) is 28.3 Å². The first-order chi connectivity index (χ1) is 18.2. The van der Waals surface area contributed by atoms with E-state index in [-0.39, 0.29) is 23.6 Å². The Labute approximate surface area is 218 Å². The van der Waals surface area contributed by atoms with Gasteiger partial charge in [0.15, 0.2) is 0 Å². The zero-order valence-corrected chi connectivity index (χ0v) is 21.3. The average molecular weight is 524 g/mol. The second kappa shape index (κ2) is 11.5. The molecule has 0 bridgehead atoms. The predicted octanol–water partition coefficient (Wildman–Crippen LogP) is 5.35. The zero-order chi connectivity index (χ0) is 27.4. The quantitative estimate of drug-likeness (QED) is 0.338. The molecule has 4 aromatic rings. The number of nitrogens with zero attached hydrogens (tertiary/aromatic N) is 4. The number of benzene rings is 3. The van der Waals surface area contributed by atoms with Gasteiger partial charge in [0.25, 0.3) is 5.56 Å². The van der Waals surface area contributed by atoms with Crippen LogP contribution in [-0.2, 0) is 0 Å². The average Bonchev–Trinajstić information content (AvgIpc) is 2.88. The first-order valence-electron chi connectivity index (χ1n) is 12.1. The molecule has 198 valence electrons. The molecule has 0 aliphatic carbocycles. The number of urea groups is 1. The van der Waals surface area contributed by atoms with E-state index >= 15 is 0 Å². The Kier molecular flexibility index (Phi) is 8.11. The van der Waals surface area contributed by atoms with Crippen molar-refractivity contribution in [3.05, 3.63) is 100 Å². The fourth-order valence-electron chi connectivity index (χ4n) is 4.24.